The summed E-state index contributed by atoms with van der Waals surface area (Å²) >= 11 is 0. The largest absolute Gasteiger partial charge is 0.493 e. The average Bonchev–Trinajstić information content (AvgIpc) is 3.14. The molecule has 1 heterocycles. The highest BCUT2D eigenvalue weighted by Gasteiger charge is 2.10. The lowest BCUT2D eigenvalue weighted by Gasteiger charge is -2.18. The van der Waals surface area contributed by atoms with Gasteiger partial charge in [-0.05, 0) is 49.6 Å². The summed E-state index contributed by atoms with van der Waals surface area (Å²) in [6, 6.07) is 11.4. The fraction of sp³-hybridized carbons (Fsp3) is 0.429. The van der Waals surface area contributed by atoms with Crippen LogP contribution in [0.15, 0.2) is 45.8 Å². The predicted octanol–water partition coefficient (Wildman–Crippen LogP) is 3.23. The van der Waals surface area contributed by atoms with Crippen LogP contribution in [0.5, 0.6) is 5.75 Å². The molecule has 4 N–H and O–H groups in total. The number of carbonyl (C=O) groups excluding carboxylic acids is 1. The Hall–Kier alpha value is -2.96. The molecule has 0 aliphatic heterocycles. The van der Waals surface area contributed by atoms with E-state index in [9.17, 15) is 4.79 Å². The number of amides is 1. The molecule has 7 heteroatoms. The molecular weight excluding hydrogens is 356 g/mol. The molecule has 1 atom stereocenters. The zero-order chi connectivity index (χ0) is 20.5. The van der Waals surface area contributed by atoms with Gasteiger partial charge in [-0.3, -0.25) is 4.79 Å². The van der Waals surface area contributed by atoms with E-state index in [2.05, 4.69) is 36.4 Å². The van der Waals surface area contributed by atoms with Crippen LogP contribution in [-0.2, 0) is 6.54 Å². The number of hydrogen-bond acceptors (Lipinski definition) is 4. The monoisotopic (exact) mass is 386 g/mol. The highest BCUT2D eigenvalue weighted by molar-refractivity contribution is 5.89. The van der Waals surface area contributed by atoms with Gasteiger partial charge in [-0.25, -0.2) is 4.99 Å². The number of hydrogen-bond donors (Lipinski definition) is 3. The van der Waals surface area contributed by atoms with E-state index in [4.69, 9.17) is 14.9 Å². The Balaban J connectivity index is 1.98. The normalized spacial score (nSPS) is 12.7. The molecule has 1 aromatic carbocycles. The Labute approximate surface area is 166 Å². The second-order valence-electron chi connectivity index (χ2n) is 6.97. The van der Waals surface area contributed by atoms with Gasteiger partial charge in [0.1, 0.15) is 18.1 Å². The van der Waals surface area contributed by atoms with E-state index >= 15 is 0 Å². The van der Waals surface area contributed by atoms with Gasteiger partial charge in [0.05, 0.1) is 12.6 Å². The molecule has 0 aliphatic carbocycles. The van der Waals surface area contributed by atoms with Crippen LogP contribution in [0.1, 0.15) is 55.6 Å². The third-order valence-electron chi connectivity index (χ3n) is 3.96. The lowest BCUT2D eigenvalue weighted by molar-refractivity contribution is 0.0972. The third kappa shape index (κ3) is 6.64. The quantitative estimate of drug-likeness (QED) is 0.454. The minimum absolute atomic E-state index is 0.0507. The summed E-state index contributed by atoms with van der Waals surface area (Å²) in [7, 11) is 0. The van der Waals surface area contributed by atoms with Crippen LogP contribution < -0.4 is 21.1 Å². The van der Waals surface area contributed by atoms with E-state index in [0.29, 0.717) is 30.8 Å². The summed E-state index contributed by atoms with van der Waals surface area (Å²) in [5, 5.41) is 6.58. The number of furan rings is 1. The Morgan fingerprint density at radius 1 is 1.18 bits per heavy atom. The van der Waals surface area contributed by atoms with Crippen molar-refractivity contribution in [2.45, 2.75) is 40.3 Å². The highest BCUT2D eigenvalue weighted by atomic mass is 16.5. The molecule has 0 bridgehead atoms. The maximum Gasteiger partial charge on any atom is 0.284 e. The SMILES string of the molecule is CCNC(=NCc1ccc(C(N)=O)o1)NC(C)c1ccc(OCC(C)C)cc1. The summed E-state index contributed by atoms with van der Waals surface area (Å²) in [6.07, 6.45) is 0. The fourth-order valence-corrected chi connectivity index (χ4v) is 2.48. The van der Waals surface area contributed by atoms with Crippen molar-refractivity contribution < 1.29 is 13.9 Å². The minimum Gasteiger partial charge on any atom is -0.493 e. The first-order chi connectivity index (χ1) is 13.4. The second kappa shape index (κ2) is 10.4. The molecule has 1 aromatic heterocycles. The number of nitrogens with zero attached hydrogens (tertiary/aromatic N) is 1. The molecule has 1 unspecified atom stereocenters. The van der Waals surface area contributed by atoms with Crippen LogP contribution in [0.25, 0.3) is 0 Å². The lowest BCUT2D eigenvalue weighted by Crippen LogP contribution is -2.38. The summed E-state index contributed by atoms with van der Waals surface area (Å²) in [6.45, 7) is 10.0. The molecule has 0 saturated heterocycles. The van der Waals surface area contributed by atoms with E-state index < -0.39 is 5.91 Å². The first-order valence-electron chi connectivity index (χ1n) is 9.55. The minimum atomic E-state index is -0.588. The summed E-state index contributed by atoms with van der Waals surface area (Å²) in [4.78, 5) is 15.6. The Morgan fingerprint density at radius 2 is 1.89 bits per heavy atom. The van der Waals surface area contributed by atoms with Gasteiger partial charge in [0.25, 0.3) is 5.91 Å². The number of nitrogens with two attached hydrogens (primary N) is 1. The maximum absolute atomic E-state index is 11.1. The number of ether oxygens (including phenoxy) is 1. The van der Waals surface area contributed by atoms with Gasteiger partial charge in [0.2, 0.25) is 0 Å². The van der Waals surface area contributed by atoms with Crippen molar-refractivity contribution in [1.29, 1.82) is 0 Å². The number of aliphatic imine (C=N–C) groups is 1. The summed E-state index contributed by atoms with van der Waals surface area (Å²) in [5.74, 6) is 2.14. The van der Waals surface area contributed by atoms with Crippen molar-refractivity contribution >= 4 is 11.9 Å². The Morgan fingerprint density at radius 3 is 2.46 bits per heavy atom. The number of carbonyl (C=O) groups is 1. The van der Waals surface area contributed by atoms with E-state index in [-0.39, 0.29) is 11.8 Å². The summed E-state index contributed by atoms with van der Waals surface area (Å²) in [5.41, 5.74) is 6.32. The highest BCUT2D eigenvalue weighted by Crippen LogP contribution is 2.18. The van der Waals surface area contributed by atoms with Crippen molar-refractivity contribution in [3.8, 4) is 5.75 Å². The van der Waals surface area contributed by atoms with Crippen LogP contribution in [0.2, 0.25) is 0 Å². The van der Waals surface area contributed by atoms with Crippen LogP contribution in [0.3, 0.4) is 0 Å². The number of guanidine groups is 1. The summed E-state index contributed by atoms with van der Waals surface area (Å²) < 4.78 is 11.1. The molecule has 28 heavy (non-hydrogen) atoms. The van der Waals surface area contributed by atoms with Gasteiger partial charge < -0.3 is 25.5 Å². The number of primary amides is 1. The van der Waals surface area contributed by atoms with Gasteiger partial charge >= 0.3 is 0 Å². The van der Waals surface area contributed by atoms with Crippen molar-refractivity contribution in [3.63, 3.8) is 0 Å². The van der Waals surface area contributed by atoms with E-state index in [1.165, 1.54) is 0 Å². The van der Waals surface area contributed by atoms with E-state index in [1.807, 2.05) is 31.2 Å². The standard InChI is InChI=1S/C21H30N4O3/c1-5-23-21(24-12-18-10-11-19(28-18)20(22)26)25-15(4)16-6-8-17(9-7-16)27-13-14(2)3/h6-11,14-15H,5,12-13H2,1-4H3,(H2,22,26)(H2,23,24,25). The van der Waals surface area contributed by atoms with Crippen molar-refractivity contribution in [2.75, 3.05) is 13.2 Å². The van der Waals surface area contributed by atoms with Crippen molar-refractivity contribution in [2.24, 2.45) is 16.6 Å². The van der Waals surface area contributed by atoms with Gasteiger partial charge in [0.15, 0.2) is 11.7 Å². The number of rotatable bonds is 9. The molecule has 1 amide bonds. The molecule has 2 rings (SSSR count). The molecule has 0 fully saturated rings. The van der Waals surface area contributed by atoms with Crippen molar-refractivity contribution in [1.82, 2.24) is 10.6 Å². The number of benzene rings is 1. The molecule has 2 aromatic rings. The first-order valence-corrected chi connectivity index (χ1v) is 9.55. The van der Waals surface area contributed by atoms with Crippen LogP contribution >= 0.6 is 0 Å². The molecule has 0 saturated carbocycles. The first kappa shape index (κ1) is 21.3. The van der Waals surface area contributed by atoms with Crippen LogP contribution in [0.4, 0.5) is 0 Å². The average molecular weight is 386 g/mol. The molecule has 0 aliphatic rings. The molecule has 7 nitrogen and oxygen atoms in total. The zero-order valence-corrected chi connectivity index (χ0v) is 17.0. The zero-order valence-electron chi connectivity index (χ0n) is 17.0. The van der Waals surface area contributed by atoms with E-state index in [0.717, 1.165) is 17.9 Å². The Bertz CT molecular complexity index is 781. The molecule has 152 valence electrons. The van der Waals surface area contributed by atoms with Crippen molar-refractivity contribution in [3.05, 3.63) is 53.5 Å². The fourth-order valence-electron chi connectivity index (χ4n) is 2.48. The molecule has 0 spiro atoms. The molecular formula is C21H30N4O3. The maximum atomic E-state index is 11.1. The van der Waals surface area contributed by atoms with Gasteiger partial charge in [-0.1, -0.05) is 26.0 Å². The third-order valence-corrected chi connectivity index (χ3v) is 3.96. The van der Waals surface area contributed by atoms with Crippen LogP contribution in [0, 0.1) is 5.92 Å². The Kier molecular flexibility index (Phi) is 7.92. The van der Waals surface area contributed by atoms with Crippen LogP contribution in [-0.4, -0.2) is 25.0 Å². The van der Waals surface area contributed by atoms with E-state index in [1.54, 1.807) is 12.1 Å². The second-order valence-corrected chi connectivity index (χ2v) is 6.97. The van der Waals surface area contributed by atoms with Gasteiger partial charge in [-0.15, -0.1) is 0 Å². The predicted molar refractivity (Wildman–Crippen MR) is 110 cm³/mol. The lowest BCUT2D eigenvalue weighted by atomic mass is 10.1. The molecule has 0 radical (unpaired) electrons. The number of nitrogens with one attached hydrogen (secondary N) is 2. The van der Waals surface area contributed by atoms with Gasteiger partial charge in [-0.2, -0.15) is 0 Å². The smallest absolute Gasteiger partial charge is 0.284 e. The van der Waals surface area contributed by atoms with Gasteiger partial charge in [0, 0.05) is 6.54 Å². The topological polar surface area (TPSA) is 102 Å².